The van der Waals surface area contributed by atoms with Crippen LogP contribution in [0.3, 0.4) is 0 Å². The molecular formula is C12H11ClO. The maximum Gasteiger partial charge on any atom is 0.208 e. The lowest BCUT2D eigenvalue weighted by atomic mass is 10.1. The molecule has 0 radical (unpaired) electrons. The van der Waals surface area contributed by atoms with Crippen molar-refractivity contribution in [2.24, 2.45) is 5.92 Å². The number of ketones is 1. The highest BCUT2D eigenvalue weighted by Gasteiger charge is 2.01. The van der Waals surface area contributed by atoms with Gasteiger partial charge in [0.05, 0.1) is 0 Å². The van der Waals surface area contributed by atoms with Crippen LogP contribution in [0.2, 0.25) is 5.02 Å². The van der Waals surface area contributed by atoms with Crippen molar-refractivity contribution < 1.29 is 4.79 Å². The molecule has 0 saturated carbocycles. The van der Waals surface area contributed by atoms with Crippen LogP contribution in [0.1, 0.15) is 19.4 Å². The molecule has 0 amide bonds. The minimum absolute atomic E-state index is 0.0326. The Hall–Kier alpha value is -1.26. The largest absolute Gasteiger partial charge is 0.285 e. The lowest BCUT2D eigenvalue weighted by molar-refractivity contribution is -0.116. The third-order valence-electron chi connectivity index (χ3n) is 1.70. The van der Waals surface area contributed by atoms with Crippen LogP contribution in [0.25, 0.3) is 0 Å². The van der Waals surface area contributed by atoms with Crippen molar-refractivity contribution in [3.8, 4) is 11.8 Å². The minimum atomic E-state index is -0.0417. The molecule has 0 fully saturated rings. The molecule has 0 heterocycles. The maximum atomic E-state index is 11.2. The second-order valence-corrected chi connectivity index (χ2v) is 3.71. The first kappa shape index (κ1) is 10.8. The van der Waals surface area contributed by atoms with E-state index in [1.807, 2.05) is 13.8 Å². The number of carbonyl (C=O) groups excluding carboxylic acids is 1. The van der Waals surface area contributed by atoms with Crippen LogP contribution < -0.4 is 0 Å². The van der Waals surface area contributed by atoms with Crippen molar-refractivity contribution in [1.29, 1.82) is 0 Å². The summed E-state index contributed by atoms with van der Waals surface area (Å²) in [5.74, 6) is 5.31. The van der Waals surface area contributed by atoms with Crippen molar-refractivity contribution >= 4 is 17.4 Å². The van der Waals surface area contributed by atoms with Gasteiger partial charge >= 0.3 is 0 Å². The van der Waals surface area contributed by atoms with Crippen LogP contribution in [0.5, 0.6) is 0 Å². The van der Waals surface area contributed by atoms with Gasteiger partial charge in [0, 0.05) is 16.5 Å². The van der Waals surface area contributed by atoms with Crippen molar-refractivity contribution in [2.75, 3.05) is 0 Å². The fourth-order valence-electron chi connectivity index (χ4n) is 0.811. The fourth-order valence-corrected chi connectivity index (χ4v) is 0.937. The van der Waals surface area contributed by atoms with E-state index in [9.17, 15) is 4.79 Å². The number of hydrogen-bond donors (Lipinski definition) is 0. The normalized spacial score (nSPS) is 9.43. The Bertz CT molecular complexity index is 379. The van der Waals surface area contributed by atoms with Crippen molar-refractivity contribution in [1.82, 2.24) is 0 Å². The summed E-state index contributed by atoms with van der Waals surface area (Å²) in [4.78, 5) is 11.2. The van der Waals surface area contributed by atoms with E-state index >= 15 is 0 Å². The molecule has 1 nitrogen and oxygen atoms in total. The molecule has 0 aliphatic heterocycles. The first-order valence-corrected chi connectivity index (χ1v) is 4.79. The van der Waals surface area contributed by atoms with Gasteiger partial charge in [-0.3, -0.25) is 4.79 Å². The first-order chi connectivity index (χ1) is 6.59. The quantitative estimate of drug-likeness (QED) is 0.646. The molecule has 1 rings (SSSR count). The fraction of sp³-hybridized carbons (Fsp3) is 0.250. The highest BCUT2D eigenvalue weighted by atomic mass is 35.5. The summed E-state index contributed by atoms with van der Waals surface area (Å²) >= 11 is 5.71. The lowest BCUT2D eigenvalue weighted by Gasteiger charge is -1.93. The molecule has 1 aromatic rings. The van der Waals surface area contributed by atoms with Gasteiger partial charge in [-0.05, 0) is 30.2 Å². The number of carbonyl (C=O) groups is 1. The number of hydrogen-bond acceptors (Lipinski definition) is 1. The number of halogens is 1. The Morgan fingerprint density at radius 1 is 1.29 bits per heavy atom. The monoisotopic (exact) mass is 206 g/mol. The number of benzene rings is 1. The topological polar surface area (TPSA) is 17.1 Å². The van der Waals surface area contributed by atoms with Gasteiger partial charge < -0.3 is 0 Å². The molecule has 0 saturated heterocycles. The maximum absolute atomic E-state index is 11.2. The second-order valence-electron chi connectivity index (χ2n) is 3.28. The van der Waals surface area contributed by atoms with E-state index in [1.165, 1.54) is 0 Å². The summed E-state index contributed by atoms with van der Waals surface area (Å²) < 4.78 is 0. The zero-order valence-electron chi connectivity index (χ0n) is 8.17. The Labute approximate surface area is 89.1 Å². The van der Waals surface area contributed by atoms with Gasteiger partial charge in [-0.2, -0.15) is 0 Å². The predicted molar refractivity (Wildman–Crippen MR) is 58.2 cm³/mol. The Morgan fingerprint density at radius 3 is 2.36 bits per heavy atom. The molecule has 14 heavy (non-hydrogen) atoms. The smallest absolute Gasteiger partial charge is 0.208 e. The van der Waals surface area contributed by atoms with E-state index in [-0.39, 0.29) is 11.7 Å². The van der Waals surface area contributed by atoms with Crippen molar-refractivity contribution in [2.45, 2.75) is 13.8 Å². The highest BCUT2D eigenvalue weighted by Crippen LogP contribution is 2.08. The Kier molecular flexibility index (Phi) is 3.73. The van der Waals surface area contributed by atoms with Crippen LogP contribution >= 0.6 is 11.6 Å². The Morgan fingerprint density at radius 2 is 1.86 bits per heavy atom. The van der Waals surface area contributed by atoms with E-state index < -0.39 is 0 Å². The van der Waals surface area contributed by atoms with Crippen molar-refractivity contribution in [3.63, 3.8) is 0 Å². The van der Waals surface area contributed by atoms with Gasteiger partial charge in [-0.25, -0.2) is 0 Å². The van der Waals surface area contributed by atoms with Gasteiger partial charge in [0.25, 0.3) is 0 Å². The van der Waals surface area contributed by atoms with Crippen molar-refractivity contribution in [3.05, 3.63) is 34.9 Å². The van der Waals surface area contributed by atoms with Crippen LogP contribution in [-0.2, 0) is 4.79 Å². The summed E-state index contributed by atoms with van der Waals surface area (Å²) in [5.41, 5.74) is 0.809. The lowest BCUT2D eigenvalue weighted by Crippen LogP contribution is -2.02. The summed E-state index contributed by atoms with van der Waals surface area (Å²) in [5, 5.41) is 0.672. The average Bonchev–Trinajstić information content (AvgIpc) is 2.16. The molecule has 0 aliphatic rings. The SMILES string of the molecule is CC(C)C(=O)C#Cc1ccc(Cl)cc1. The van der Waals surface area contributed by atoms with Gasteiger partial charge in [0.1, 0.15) is 0 Å². The molecule has 0 aromatic heterocycles. The van der Waals surface area contributed by atoms with Gasteiger partial charge in [0.2, 0.25) is 5.78 Å². The standard InChI is InChI=1S/C12H11ClO/c1-9(2)12(14)8-5-10-3-6-11(13)7-4-10/h3-4,6-7,9H,1-2H3. The minimum Gasteiger partial charge on any atom is -0.285 e. The van der Waals surface area contributed by atoms with Gasteiger partial charge in [0.15, 0.2) is 0 Å². The molecule has 0 atom stereocenters. The van der Waals surface area contributed by atoms with E-state index in [0.717, 1.165) is 5.56 Å². The van der Waals surface area contributed by atoms with Crippen LogP contribution in [0.4, 0.5) is 0 Å². The summed E-state index contributed by atoms with van der Waals surface area (Å²) in [6, 6.07) is 7.10. The molecule has 0 aliphatic carbocycles. The van der Waals surface area contributed by atoms with Gasteiger partial charge in [-0.1, -0.05) is 31.4 Å². The first-order valence-electron chi connectivity index (χ1n) is 4.41. The summed E-state index contributed by atoms with van der Waals surface area (Å²) in [6.45, 7) is 3.66. The molecule has 72 valence electrons. The van der Waals surface area contributed by atoms with E-state index in [2.05, 4.69) is 11.8 Å². The van der Waals surface area contributed by atoms with Crippen LogP contribution in [-0.4, -0.2) is 5.78 Å². The number of rotatable bonds is 1. The molecule has 1 aromatic carbocycles. The molecular weight excluding hydrogens is 196 g/mol. The zero-order valence-corrected chi connectivity index (χ0v) is 8.93. The zero-order chi connectivity index (χ0) is 10.6. The molecule has 0 unspecified atom stereocenters. The summed E-state index contributed by atoms with van der Waals surface area (Å²) in [7, 11) is 0. The number of Topliss-reactive ketones (excluding diaryl/α,β-unsaturated/α-hetero) is 1. The average molecular weight is 207 g/mol. The summed E-state index contributed by atoms with van der Waals surface area (Å²) in [6.07, 6.45) is 0. The highest BCUT2D eigenvalue weighted by molar-refractivity contribution is 6.30. The van der Waals surface area contributed by atoms with E-state index in [1.54, 1.807) is 24.3 Å². The molecule has 0 spiro atoms. The van der Waals surface area contributed by atoms with Crippen LogP contribution in [0, 0.1) is 17.8 Å². The van der Waals surface area contributed by atoms with E-state index in [0.29, 0.717) is 5.02 Å². The third kappa shape index (κ3) is 3.24. The molecule has 0 N–H and O–H groups in total. The van der Waals surface area contributed by atoms with Crippen LogP contribution in [0.15, 0.2) is 24.3 Å². The Balaban J connectivity index is 2.78. The predicted octanol–water partition coefficient (Wildman–Crippen LogP) is 2.92. The molecule has 0 bridgehead atoms. The van der Waals surface area contributed by atoms with E-state index in [4.69, 9.17) is 11.6 Å². The second kappa shape index (κ2) is 4.83. The molecule has 2 heteroatoms. The van der Waals surface area contributed by atoms with Gasteiger partial charge in [-0.15, -0.1) is 0 Å². The third-order valence-corrected chi connectivity index (χ3v) is 1.95.